The van der Waals surface area contributed by atoms with Crippen LogP contribution in [0.3, 0.4) is 0 Å². The number of unbranched alkanes of at least 4 members (excludes halogenated alkanes) is 1. The molecule has 1 fully saturated rings. The summed E-state index contributed by atoms with van der Waals surface area (Å²) in [5, 5.41) is 1.05. The Morgan fingerprint density at radius 2 is 2.05 bits per heavy atom. The van der Waals surface area contributed by atoms with Crippen molar-refractivity contribution in [3.63, 3.8) is 0 Å². The normalized spacial score (nSPS) is 15.2. The number of carbonyl (C=O) groups excluding carboxylic acids is 1. The molecule has 216 valence electrons. The first-order valence-corrected chi connectivity index (χ1v) is 13.7. The number of halogens is 4. The van der Waals surface area contributed by atoms with Crippen molar-refractivity contribution in [3.8, 4) is 17.3 Å². The minimum atomic E-state index is -1.11. The molecule has 42 heavy (non-hydrogen) atoms. The van der Waals surface area contributed by atoms with Crippen LogP contribution in [0.5, 0.6) is 6.01 Å². The van der Waals surface area contributed by atoms with Crippen molar-refractivity contribution in [1.82, 2.24) is 19.9 Å². The quantitative estimate of drug-likeness (QED) is 0.134. The third-order valence-electron chi connectivity index (χ3n) is 7.14. The highest BCUT2D eigenvalue weighted by molar-refractivity contribution is 6.36. The molecule has 1 aliphatic rings. The van der Waals surface area contributed by atoms with E-state index in [-0.39, 0.29) is 53.8 Å². The molecule has 1 saturated heterocycles. The molecule has 0 unspecified atom stereocenters. The number of amides is 1. The monoisotopic (exact) mass is 594 g/mol. The topological polar surface area (TPSA) is 75.8 Å². The maximum Gasteiger partial charge on any atom is 0.319 e. The summed E-state index contributed by atoms with van der Waals surface area (Å²) < 4.78 is 50.3. The Kier molecular flexibility index (Phi) is 8.45. The van der Waals surface area contributed by atoms with Crippen molar-refractivity contribution in [2.45, 2.75) is 25.8 Å². The Morgan fingerprint density at radius 1 is 1.24 bits per heavy atom. The van der Waals surface area contributed by atoms with Gasteiger partial charge in [-0.25, -0.2) is 19.7 Å². The first-order valence-electron chi connectivity index (χ1n) is 13.3. The summed E-state index contributed by atoms with van der Waals surface area (Å²) in [6, 6.07) is 7.14. The van der Waals surface area contributed by atoms with E-state index in [0.29, 0.717) is 28.8 Å². The fourth-order valence-electron chi connectivity index (χ4n) is 5.06. The van der Waals surface area contributed by atoms with Gasteiger partial charge in [0, 0.05) is 36.8 Å². The van der Waals surface area contributed by atoms with Crippen LogP contribution in [0.2, 0.25) is 5.02 Å². The summed E-state index contributed by atoms with van der Waals surface area (Å²) in [5.41, 5.74) is 0.145. The third-order valence-corrected chi connectivity index (χ3v) is 7.51. The van der Waals surface area contributed by atoms with Crippen LogP contribution in [0.4, 0.5) is 19.0 Å². The highest BCUT2D eigenvalue weighted by Gasteiger charge is 2.35. The van der Waals surface area contributed by atoms with E-state index in [2.05, 4.69) is 26.4 Å². The first kappa shape index (κ1) is 29.1. The van der Waals surface area contributed by atoms with E-state index in [0.717, 1.165) is 12.8 Å². The van der Waals surface area contributed by atoms with Crippen molar-refractivity contribution < 1.29 is 22.7 Å². The molecule has 0 N–H and O–H groups in total. The van der Waals surface area contributed by atoms with Gasteiger partial charge in [0.1, 0.15) is 28.9 Å². The first-order chi connectivity index (χ1) is 20.2. The lowest BCUT2D eigenvalue weighted by Crippen LogP contribution is -2.56. The lowest BCUT2D eigenvalue weighted by Gasteiger charge is -2.39. The number of aromatic nitrogens is 3. The van der Waals surface area contributed by atoms with Crippen LogP contribution in [0.15, 0.2) is 48.9 Å². The molecular formula is C30H26ClF3N6O2. The predicted octanol–water partition coefficient (Wildman–Crippen LogP) is 6.38. The summed E-state index contributed by atoms with van der Waals surface area (Å²) in [5.74, 6) is -3.10. The minimum absolute atomic E-state index is 0.0543. The van der Waals surface area contributed by atoms with Gasteiger partial charge in [0.05, 0.1) is 17.0 Å². The van der Waals surface area contributed by atoms with Crippen LogP contribution < -0.4 is 9.64 Å². The Morgan fingerprint density at radius 3 is 2.79 bits per heavy atom. The van der Waals surface area contributed by atoms with E-state index < -0.39 is 29.4 Å². The third kappa shape index (κ3) is 5.42. The molecular weight excluding hydrogens is 569 g/mol. The zero-order chi connectivity index (χ0) is 30.0. The van der Waals surface area contributed by atoms with Crippen molar-refractivity contribution in [3.05, 3.63) is 77.0 Å². The number of carbonyl (C=O) groups is 1. The van der Waals surface area contributed by atoms with Crippen molar-refractivity contribution in [2.75, 3.05) is 37.7 Å². The van der Waals surface area contributed by atoms with Crippen LogP contribution in [-0.2, 0) is 4.79 Å². The molecule has 1 amide bonds. The largest absolute Gasteiger partial charge is 0.463 e. The summed E-state index contributed by atoms with van der Waals surface area (Å²) in [7, 11) is 0. The van der Waals surface area contributed by atoms with Gasteiger partial charge >= 0.3 is 6.01 Å². The van der Waals surface area contributed by atoms with Crippen molar-refractivity contribution in [2.24, 2.45) is 0 Å². The Hall–Kier alpha value is -4.43. The highest BCUT2D eigenvalue weighted by atomic mass is 35.5. The highest BCUT2D eigenvalue weighted by Crippen LogP contribution is 2.38. The van der Waals surface area contributed by atoms with E-state index in [4.69, 9.17) is 22.9 Å². The maximum atomic E-state index is 16.4. The number of rotatable bonds is 8. The molecule has 4 aromatic rings. The van der Waals surface area contributed by atoms with E-state index in [1.165, 1.54) is 17.2 Å². The number of fused-ring (bicyclic) bond motifs is 2. The molecule has 8 nitrogen and oxygen atoms in total. The van der Waals surface area contributed by atoms with Gasteiger partial charge in [0.15, 0.2) is 11.6 Å². The summed E-state index contributed by atoms with van der Waals surface area (Å²) in [6.45, 7) is 13.1. The number of hydrogen-bond donors (Lipinski definition) is 0. The smallest absolute Gasteiger partial charge is 0.319 e. The Labute approximate surface area is 245 Å². The molecule has 1 atom stereocenters. The average Bonchev–Trinajstić information content (AvgIpc) is 2.99. The summed E-state index contributed by atoms with van der Waals surface area (Å²) in [4.78, 5) is 32.2. The van der Waals surface area contributed by atoms with Gasteiger partial charge in [0.25, 0.3) is 5.91 Å². The van der Waals surface area contributed by atoms with E-state index in [1.54, 1.807) is 29.2 Å². The second kappa shape index (κ2) is 12.2. The van der Waals surface area contributed by atoms with Crippen LogP contribution in [0.1, 0.15) is 19.8 Å². The fraction of sp³-hybridized carbons (Fsp3) is 0.300. The van der Waals surface area contributed by atoms with Crippen LogP contribution >= 0.6 is 11.6 Å². The molecule has 2 aromatic carbocycles. The number of ether oxygens (including phenoxy) is 1. The lowest BCUT2D eigenvalue weighted by atomic mass is 10.0. The zero-order valence-electron chi connectivity index (χ0n) is 22.7. The number of nitrogens with zero attached hydrogens (tertiary/aromatic N) is 6. The zero-order valence-corrected chi connectivity index (χ0v) is 23.5. The van der Waals surface area contributed by atoms with E-state index >= 15 is 4.39 Å². The maximum absolute atomic E-state index is 16.4. The van der Waals surface area contributed by atoms with Crippen molar-refractivity contribution >= 4 is 45.0 Å². The van der Waals surface area contributed by atoms with Gasteiger partial charge < -0.3 is 19.4 Å². The van der Waals surface area contributed by atoms with Crippen LogP contribution in [0.25, 0.3) is 37.8 Å². The van der Waals surface area contributed by atoms with Gasteiger partial charge in [-0.05, 0) is 17.9 Å². The summed E-state index contributed by atoms with van der Waals surface area (Å²) >= 11 is 6.31. The number of hydrogen-bond acceptors (Lipinski definition) is 6. The second-order valence-electron chi connectivity index (χ2n) is 9.82. The molecule has 0 bridgehead atoms. The summed E-state index contributed by atoms with van der Waals surface area (Å²) in [6.07, 6.45) is 3.01. The van der Waals surface area contributed by atoms with Crippen molar-refractivity contribution in [1.29, 1.82) is 0 Å². The molecule has 12 heteroatoms. The molecule has 0 spiro atoms. The fourth-order valence-corrected chi connectivity index (χ4v) is 5.34. The minimum Gasteiger partial charge on any atom is -0.463 e. The van der Waals surface area contributed by atoms with Gasteiger partial charge in [-0.2, -0.15) is 9.97 Å². The number of pyridine rings is 1. The molecule has 1 aliphatic heterocycles. The number of anilines is 1. The molecule has 0 radical (unpaired) electrons. The Balaban J connectivity index is 1.64. The van der Waals surface area contributed by atoms with E-state index in [1.807, 2.05) is 6.92 Å². The van der Waals surface area contributed by atoms with Gasteiger partial charge in [0.2, 0.25) is 6.54 Å². The van der Waals surface area contributed by atoms with Crippen LogP contribution in [0, 0.1) is 18.2 Å². The Bertz CT molecular complexity index is 1740. The lowest BCUT2D eigenvalue weighted by molar-refractivity contribution is -0.131. The second-order valence-corrected chi connectivity index (χ2v) is 10.2. The van der Waals surface area contributed by atoms with Gasteiger partial charge in [-0.3, -0.25) is 9.78 Å². The molecule has 2 aromatic heterocycles. The van der Waals surface area contributed by atoms with Crippen LogP contribution in [-0.4, -0.2) is 64.6 Å². The molecule has 5 rings (SSSR count). The van der Waals surface area contributed by atoms with Gasteiger partial charge in [-0.1, -0.05) is 55.8 Å². The average molecular weight is 595 g/mol. The molecule has 0 saturated carbocycles. The van der Waals surface area contributed by atoms with E-state index in [9.17, 15) is 13.6 Å². The molecule has 0 aliphatic carbocycles. The SMILES string of the molecule is [C-]#[N+]C[C@H]1CN(c2nc(OCCCC)nc3c(F)c(-c4cccc5ccc(F)c(Cl)c45)ncc23)CCN1C(=O)C(=C)F. The predicted molar refractivity (Wildman–Crippen MR) is 155 cm³/mol. The number of piperazine rings is 1. The molecule has 3 heterocycles. The standard InChI is InChI=1S/C30H26ClF3N6O2/c1-4-5-13-42-30-37-27-21(28(38-30)39-11-12-40(29(41)17(2)32)19(16-39)14-35-3)15-36-26(25(27)34)20-8-6-7-18-9-10-22(33)24(31)23(18)20/h6-10,15,19H,2,4-5,11-14,16H2,1H3/t19-/m0/s1. The van der Waals surface area contributed by atoms with Gasteiger partial charge in [-0.15, -0.1) is 0 Å². The number of benzene rings is 2.